The van der Waals surface area contributed by atoms with Crippen molar-refractivity contribution in [3.05, 3.63) is 71.7 Å². The van der Waals surface area contributed by atoms with Gasteiger partial charge in [0.25, 0.3) is 12.3 Å². The van der Waals surface area contributed by atoms with Gasteiger partial charge in [0.2, 0.25) is 0 Å². The minimum atomic E-state index is -2.54. The molecular formula is C21H21F2N5O2. The number of morpholine rings is 1. The van der Waals surface area contributed by atoms with Crippen molar-refractivity contribution in [2.45, 2.75) is 13.0 Å². The number of amides is 1. The van der Waals surface area contributed by atoms with Crippen LogP contribution in [0.2, 0.25) is 0 Å². The van der Waals surface area contributed by atoms with Crippen LogP contribution in [0, 0.1) is 0 Å². The first-order chi connectivity index (χ1) is 14.6. The van der Waals surface area contributed by atoms with Crippen LogP contribution in [0.1, 0.15) is 28.0 Å². The fourth-order valence-corrected chi connectivity index (χ4v) is 3.19. The van der Waals surface area contributed by atoms with E-state index >= 15 is 0 Å². The molecule has 0 saturated carbocycles. The number of nitrogens with one attached hydrogen (secondary N) is 1. The molecule has 1 aliphatic rings. The molecule has 0 radical (unpaired) electrons. The van der Waals surface area contributed by atoms with Crippen molar-refractivity contribution in [1.82, 2.24) is 20.1 Å². The highest BCUT2D eigenvalue weighted by molar-refractivity contribution is 5.92. The molecular weight excluding hydrogens is 392 g/mol. The molecule has 1 fully saturated rings. The van der Waals surface area contributed by atoms with Crippen molar-refractivity contribution >= 4 is 11.7 Å². The molecule has 9 heteroatoms. The second-order valence-corrected chi connectivity index (χ2v) is 6.85. The van der Waals surface area contributed by atoms with Gasteiger partial charge in [-0.3, -0.25) is 4.79 Å². The molecule has 4 rings (SSSR count). The normalized spacial score (nSPS) is 14.2. The Morgan fingerprint density at radius 3 is 2.77 bits per heavy atom. The third-order valence-corrected chi connectivity index (χ3v) is 4.78. The fourth-order valence-electron chi connectivity index (χ4n) is 3.19. The summed E-state index contributed by atoms with van der Waals surface area (Å²) in [6.07, 6.45) is 0.745. The minimum Gasteiger partial charge on any atom is -0.378 e. The lowest BCUT2D eigenvalue weighted by Crippen LogP contribution is -2.37. The van der Waals surface area contributed by atoms with Gasteiger partial charge in [0.15, 0.2) is 0 Å². The lowest BCUT2D eigenvalue weighted by molar-refractivity contribution is 0.0945. The van der Waals surface area contributed by atoms with E-state index in [0.717, 1.165) is 24.5 Å². The second kappa shape index (κ2) is 9.00. The van der Waals surface area contributed by atoms with Crippen LogP contribution in [-0.4, -0.2) is 47.0 Å². The maximum Gasteiger partial charge on any atom is 0.270 e. The number of alkyl halides is 2. The number of carbonyl (C=O) groups excluding carboxylic acids is 1. The molecule has 1 N–H and O–H groups in total. The van der Waals surface area contributed by atoms with Gasteiger partial charge in [-0.1, -0.05) is 18.2 Å². The standard InChI is InChI=1S/C21H21F2N5O2/c22-20(23)16-3-1-4-17(11-16)28-14-15(13-25-28)12-24-21(29)18-5-2-6-19(26-18)27-7-9-30-10-8-27/h1-6,11,13-14,20H,7-10,12H2,(H,24,29). The average molecular weight is 413 g/mol. The first-order valence-electron chi connectivity index (χ1n) is 9.60. The molecule has 0 aliphatic carbocycles. The molecule has 3 heterocycles. The van der Waals surface area contributed by atoms with Gasteiger partial charge < -0.3 is 15.0 Å². The van der Waals surface area contributed by atoms with Gasteiger partial charge >= 0.3 is 0 Å². The Morgan fingerprint density at radius 2 is 1.97 bits per heavy atom. The lowest BCUT2D eigenvalue weighted by Gasteiger charge is -2.27. The van der Waals surface area contributed by atoms with E-state index in [9.17, 15) is 13.6 Å². The van der Waals surface area contributed by atoms with Gasteiger partial charge in [-0.15, -0.1) is 0 Å². The molecule has 1 amide bonds. The van der Waals surface area contributed by atoms with E-state index < -0.39 is 6.43 Å². The summed E-state index contributed by atoms with van der Waals surface area (Å²) in [5.41, 5.74) is 1.54. The van der Waals surface area contributed by atoms with Gasteiger partial charge in [-0.05, 0) is 24.3 Å². The first kappa shape index (κ1) is 20.0. The van der Waals surface area contributed by atoms with Crippen molar-refractivity contribution in [3.63, 3.8) is 0 Å². The quantitative estimate of drug-likeness (QED) is 0.673. The van der Waals surface area contributed by atoms with Gasteiger partial charge in [0, 0.05) is 37.0 Å². The van der Waals surface area contributed by atoms with Crippen LogP contribution in [0.4, 0.5) is 14.6 Å². The molecule has 0 bridgehead atoms. The number of anilines is 1. The van der Waals surface area contributed by atoms with Crippen molar-refractivity contribution in [2.24, 2.45) is 0 Å². The molecule has 7 nitrogen and oxygen atoms in total. The number of aromatic nitrogens is 3. The summed E-state index contributed by atoms with van der Waals surface area (Å²) < 4.78 is 32.6. The number of ether oxygens (including phenoxy) is 1. The topological polar surface area (TPSA) is 72.3 Å². The number of benzene rings is 1. The zero-order valence-corrected chi connectivity index (χ0v) is 16.2. The molecule has 1 aromatic carbocycles. The smallest absolute Gasteiger partial charge is 0.270 e. The third kappa shape index (κ3) is 4.62. The summed E-state index contributed by atoms with van der Waals surface area (Å²) in [7, 11) is 0. The zero-order chi connectivity index (χ0) is 20.9. The Morgan fingerprint density at radius 1 is 1.17 bits per heavy atom. The second-order valence-electron chi connectivity index (χ2n) is 6.85. The van der Waals surface area contributed by atoms with Crippen LogP contribution >= 0.6 is 0 Å². The van der Waals surface area contributed by atoms with Crippen LogP contribution in [-0.2, 0) is 11.3 Å². The van der Waals surface area contributed by atoms with E-state index in [2.05, 4.69) is 20.3 Å². The van der Waals surface area contributed by atoms with Crippen molar-refractivity contribution in [3.8, 4) is 5.69 Å². The van der Waals surface area contributed by atoms with Gasteiger partial charge in [-0.2, -0.15) is 5.10 Å². The molecule has 0 unspecified atom stereocenters. The molecule has 1 aliphatic heterocycles. The summed E-state index contributed by atoms with van der Waals surface area (Å²) in [5, 5.41) is 7.02. The number of pyridine rings is 1. The third-order valence-electron chi connectivity index (χ3n) is 4.78. The van der Waals surface area contributed by atoms with E-state index in [0.29, 0.717) is 24.6 Å². The van der Waals surface area contributed by atoms with E-state index in [4.69, 9.17) is 4.74 Å². The fraction of sp³-hybridized carbons (Fsp3) is 0.286. The lowest BCUT2D eigenvalue weighted by atomic mass is 10.2. The van der Waals surface area contributed by atoms with E-state index in [1.807, 2.05) is 6.07 Å². The van der Waals surface area contributed by atoms with Gasteiger partial charge in [0.05, 0.1) is 25.1 Å². The Hall–Kier alpha value is -3.33. The van der Waals surface area contributed by atoms with Gasteiger partial charge in [-0.25, -0.2) is 18.4 Å². The van der Waals surface area contributed by atoms with Crippen LogP contribution in [0.5, 0.6) is 0 Å². The maximum atomic E-state index is 12.9. The highest BCUT2D eigenvalue weighted by Gasteiger charge is 2.15. The van der Waals surface area contributed by atoms with E-state index in [1.165, 1.54) is 16.8 Å². The van der Waals surface area contributed by atoms with Crippen molar-refractivity contribution in [2.75, 3.05) is 31.2 Å². The van der Waals surface area contributed by atoms with Crippen LogP contribution in [0.15, 0.2) is 54.9 Å². The summed E-state index contributed by atoms with van der Waals surface area (Å²) in [6, 6.07) is 11.4. The molecule has 3 aromatic rings. The molecule has 30 heavy (non-hydrogen) atoms. The molecule has 0 atom stereocenters. The molecule has 1 saturated heterocycles. The number of carbonyl (C=O) groups is 1. The van der Waals surface area contributed by atoms with E-state index in [1.54, 1.807) is 36.7 Å². The van der Waals surface area contributed by atoms with E-state index in [-0.39, 0.29) is 18.0 Å². The Bertz CT molecular complexity index is 1020. The summed E-state index contributed by atoms with van der Waals surface area (Å²) >= 11 is 0. The summed E-state index contributed by atoms with van der Waals surface area (Å²) in [6.45, 7) is 3.01. The Labute approximate surface area is 172 Å². The van der Waals surface area contributed by atoms with Crippen LogP contribution in [0.25, 0.3) is 5.69 Å². The number of hydrogen-bond acceptors (Lipinski definition) is 5. The Kier molecular flexibility index (Phi) is 5.99. The zero-order valence-electron chi connectivity index (χ0n) is 16.2. The number of nitrogens with zero attached hydrogens (tertiary/aromatic N) is 4. The van der Waals surface area contributed by atoms with Gasteiger partial charge in [0.1, 0.15) is 11.5 Å². The first-order valence-corrected chi connectivity index (χ1v) is 9.60. The molecule has 156 valence electrons. The van der Waals surface area contributed by atoms with Crippen LogP contribution < -0.4 is 10.2 Å². The highest BCUT2D eigenvalue weighted by atomic mass is 19.3. The summed E-state index contributed by atoms with van der Waals surface area (Å²) in [5.74, 6) is 0.454. The highest BCUT2D eigenvalue weighted by Crippen LogP contribution is 2.21. The molecule has 0 spiro atoms. The van der Waals surface area contributed by atoms with Crippen molar-refractivity contribution in [1.29, 1.82) is 0 Å². The predicted molar refractivity (Wildman–Crippen MR) is 107 cm³/mol. The SMILES string of the molecule is O=C(NCc1cnn(-c2cccc(C(F)F)c2)c1)c1cccc(N2CCOCC2)n1. The van der Waals surface area contributed by atoms with Crippen molar-refractivity contribution < 1.29 is 18.3 Å². The number of hydrogen-bond donors (Lipinski definition) is 1. The molecule has 2 aromatic heterocycles. The Balaban J connectivity index is 1.39. The minimum absolute atomic E-state index is 0.0657. The average Bonchev–Trinajstić information content (AvgIpc) is 3.27. The van der Waals surface area contributed by atoms with Crippen LogP contribution in [0.3, 0.4) is 0 Å². The summed E-state index contributed by atoms with van der Waals surface area (Å²) in [4.78, 5) is 19.1. The largest absolute Gasteiger partial charge is 0.378 e. The number of rotatable bonds is 6. The maximum absolute atomic E-state index is 12.9. The monoisotopic (exact) mass is 413 g/mol. The predicted octanol–water partition coefficient (Wildman–Crippen LogP) is 2.97. The number of halogens is 2.